The first-order valence-electron chi connectivity index (χ1n) is 7.89. The summed E-state index contributed by atoms with van der Waals surface area (Å²) < 4.78 is 3.51. The van der Waals surface area contributed by atoms with Gasteiger partial charge in [-0.25, -0.2) is 14.6 Å². The molecule has 1 atom stereocenters. The van der Waals surface area contributed by atoms with Crippen LogP contribution in [0.15, 0.2) is 67.6 Å². The monoisotopic (exact) mass is 332 g/mol. The van der Waals surface area contributed by atoms with Gasteiger partial charge >= 0.3 is 0 Å². The number of benzene rings is 1. The van der Waals surface area contributed by atoms with E-state index < -0.39 is 0 Å². The normalized spacial score (nSPS) is 12.2. The minimum Gasteiger partial charge on any atom is -0.345 e. The lowest BCUT2D eigenvalue weighted by Gasteiger charge is -2.15. The summed E-state index contributed by atoms with van der Waals surface area (Å²) >= 11 is 0. The third-order valence-corrected chi connectivity index (χ3v) is 4.07. The summed E-state index contributed by atoms with van der Waals surface area (Å²) in [6.07, 6.45) is 8.44. The molecule has 4 rings (SSSR count). The summed E-state index contributed by atoms with van der Waals surface area (Å²) in [7, 11) is 0. The van der Waals surface area contributed by atoms with Gasteiger partial charge in [-0.1, -0.05) is 12.1 Å². The van der Waals surface area contributed by atoms with Crippen molar-refractivity contribution in [1.82, 2.24) is 29.5 Å². The summed E-state index contributed by atoms with van der Waals surface area (Å²) in [5.74, 6) is -0.122. The van der Waals surface area contributed by atoms with E-state index in [1.807, 2.05) is 47.9 Å². The molecule has 25 heavy (non-hydrogen) atoms. The van der Waals surface area contributed by atoms with Crippen LogP contribution < -0.4 is 5.32 Å². The topological polar surface area (TPSA) is 77.1 Å². The zero-order valence-electron chi connectivity index (χ0n) is 13.6. The van der Waals surface area contributed by atoms with E-state index in [-0.39, 0.29) is 11.9 Å². The maximum atomic E-state index is 12.5. The fourth-order valence-corrected chi connectivity index (χ4v) is 2.67. The molecule has 0 aliphatic carbocycles. The molecule has 0 fully saturated rings. The van der Waals surface area contributed by atoms with Crippen LogP contribution in [0.2, 0.25) is 0 Å². The number of nitrogens with zero attached hydrogens (tertiary/aromatic N) is 5. The largest absolute Gasteiger partial charge is 0.345 e. The van der Waals surface area contributed by atoms with Gasteiger partial charge in [0.15, 0.2) is 0 Å². The molecule has 7 nitrogen and oxygen atoms in total. The Labute approximate surface area is 144 Å². The first-order chi connectivity index (χ1) is 12.2. The molecule has 4 aromatic rings. The molecule has 0 aliphatic heterocycles. The molecule has 7 heteroatoms. The fourth-order valence-electron chi connectivity index (χ4n) is 2.67. The lowest BCUT2D eigenvalue weighted by atomic mass is 10.1. The Balaban J connectivity index is 1.49. The van der Waals surface area contributed by atoms with Gasteiger partial charge in [-0.3, -0.25) is 4.79 Å². The van der Waals surface area contributed by atoms with Crippen LogP contribution in [0.25, 0.3) is 11.3 Å². The SMILES string of the molecule is C[C@@H](NC(=O)c1ccc2nccn2c1)c1ccc(-n2cncn2)cc1. The van der Waals surface area contributed by atoms with Crippen LogP contribution in [0.1, 0.15) is 28.9 Å². The average Bonchev–Trinajstić information content (AvgIpc) is 3.32. The smallest absolute Gasteiger partial charge is 0.253 e. The van der Waals surface area contributed by atoms with E-state index in [9.17, 15) is 4.79 Å². The summed E-state index contributed by atoms with van der Waals surface area (Å²) in [5, 5.41) is 7.11. The number of fused-ring (bicyclic) bond motifs is 1. The first-order valence-corrected chi connectivity index (χ1v) is 7.89. The van der Waals surface area contributed by atoms with E-state index in [0.717, 1.165) is 16.9 Å². The molecule has 1 aromatic carbocycles. The van der Waals surface area contributed by atoms with E-state index in [1.165, 1.54) is 6.33 Å². The van der Waals surface area contributed by atoms with Gasteiger partial charge in [0.05, 0.1) is 17.3 Å². The number of rotatable bonds is 4. The van der Waals surface area contributed by atoms with Crippen molar-refractivity contribution in [1.29, 1.82) is 0 Å². The van der Waals surface area contributed by atoms with Gasteiger partial charge in [-0.2, -0.15) is 5.10 Å². The van der Waals surface area contributed by atoms with Gasteiger partial charge in [0, 0.05) is 18.6 Å². The minimum atomic E-state index is -0.122. The lowest BCUT2D eigenvalue weighted by Crippen LogP contribution is -2.26. The maximum absolute atomic E-state index is 12.5. The van der Waals surface area contributed by atoms with Crippen LogP contribution in [0.4, 0.5) is 0 Å². The van der Waals surface area contributed by atoms with Crippen molar-refractivity contribution in [3.05, 3.63) is 78.8 Å². The Morgan fingerprint density at radius 1 is 1.16 bits per heavy atom. The van der Waals surface area contributed by atoms with Crippen LogP contribution in [0.3, 0.4) is 0 Å². The third-order valence-electron chi connectivity index (χ3n) is 4.07. The van der Waals surface area contributed by atoms with E-state index in [2.05, 4.69) is 20.4 Å². The molecular weight excluding hydrogens is 316 g/mol. The molecule has 0 saturated heterocycles. The molecular formula is C18H16N6O. The summed E-state index contributed by atoms with van der Waals surface area (Å²) in [4.78, 5) is 20.6. The Morgan fingerprint density at radius 2 is 2.00 bits per heavy atom. The van der Waals surface area contributed by atoms with E-state index in [1.54, 1.807) is 29.5 Å². The second kappa shape index (κ2) is 6.20. The Kier molecular flexibility index (Phi) is 3.74. The predicted octanol–water partition coefficient (Wildman–Crippen LogP) is 2.41. The van der Waals surface area contributed by atoms with Crippen LogP contribution >= 0.6 is 0 Å². The van der Waals surface area contributed by atoms with Crippen LogP contribution in [-0.2, 0) is 0 Å². The van der Waals surface area contributed by atoms with Crippen molar-refractivity contribution in [2.75, 3.05) is 0 Å². The highest BCUT2D eigenvalue weighted by Gasteiger charge is 2.12. The van der Waals surface area contributed by atoms with Crippen molar-refractivity contribution in [2.24, 2.45) is 0 Å². The molecule has 1 amide bonds. The molecule has 0 saturated carbocycles. The number of hydrogen-bond acceptors (Lipinski definition) is 4. The number of imidazole rings is 1. The highest BCUT2D eigenvalue weighted by molar-refractivity contribution is 5.94. The van der Waals surface area contributed by atoms with Crippen LogP contribution in [0.5, 0.6) is 0 Å². The number of amides is 1. The van der Waals surface area contributed by atoms with Crippen molar-refractivity contribution < 1.29 is 4.79 Å². The number of carbonyl (C=O) groups excluding carboxylic acids is 1. The summed E-state index contributed by atoms with van der Waals surface area (Å²) in [5.41, 5.74) is 3.34. The average molecular weight is 332 g/mol. The molecule has 0 unspecified atom stereocenters. The Morgan fingerprint density at radius 3 is 2.76 bits per heavy atom. The van der Waals surface area contributed by atoms with Crippen LogP contribution in [-0.4, -0.2) is 30.1 Å². The quantitative estimate of drug-likeness (QED) is 0.622. The molecule has 0 radical (unpaired) electrons. The number of carbonyl (C=O) groups is 1. The molecule has 3 heterocycles. The van der Waals surface area contributed by atoms with Crippen molar-refractivity contribution in [3.63, 3.8) is 0 Å². The van der Waals surface area contributed by atoms with Crippen LogP contribution in [0, 0.1) is 0 Å². The van der Waals surface area contributed by atoms with E-state index >= 15 is 0 Å². The number of pyridine rings is 1. The number of hydrogen-bond donors (Lipinski definition) is 1. The van der Waals surface area contributed by atoms with Crippen molar-refractivity contribution in [3.8, 4) is 5.69 Å². The van der Waals surface area contributed by atoms with Gasteiger partial charge in [-0.15, -0.1) is 0 Å². The maximum Gasteiger partial charge on any atom is 0.253 e. The standard InChI is InChI=1S/C18H16N6O/c1-13(14-2-5-16(6-3-14)24-12-19-11-21-24)22-18(25)15-4-7-17-20-8-9-23(17)10-15/h2-13H,1H3,(H,22,25)/t13-/m1/s1. The zero-order chi connectivity index (χ0) is 17.2. The minimum absolute atomic E-state index is 0.115. The van der Waals surface area contributed by atoms with E-state index in [0.29, 0.717) is 5.56 Å². The molecule has 3 aromatic heterocycles. The van der Waals surface area contributed by atoms with Crippen molar-refractivity contribution >= 4 is 11.6 Å². The molecule has 124 valence electrons. The van der Waals surface area contributed by atoms with Gasteiger partial charge in [-0.05, 0) is 36.8 Å². The summed E-state index contributed by atoms with van der Waals surface area (Å²) in [6.45, 7) is 1.96. The highest BCUT2D eigenvalue weighted by atomic mass is 16.1. The van der Waals surface area contributed by atoms with E-state index in [4.69, 9.17) is 0 Å². The summed E-state index contributed by atoms with van der Waals surface area (Å²) in [6, 6.07) is 11.3. The van der Waals surface area contributed by atoms with Gasteiger partial charge in [0.1, 0.15) is 18.3 Å². The molecule has 0 spiro atoms. The van der Waals surface area contributed by atoms with Crippen molar-refractivity contribution in [2.45, 2.75) is 13.0 Å². The Hall–Kier alpha value is -3.48. The lowest BCUT2D eigenvalue weighted by molar-refractivity contribution is 0.0939. The first kappa shape index (κ1) is 15.1. The van der Waals surface area contributed by atoms with Gasteiger partial charge < -0.3 is 9.72 Å². The molecule has 0 aliphatic rings. The number of aromatic nitrogens is 5. The second-order valence-electron chi connectivity index (χ2n) is 5.74. The number of nitrogens with one attached hydrogen (secondary N) is 1. The van der Waals surface area contributed by atoms with Gasteiger partial charge in [0.2, 0.25) is 0 Å². The third kappa shape index (κ3) is 2.99. The second-order valence-corrected chi connectivity index (χ2v) is 5.74. The highest BCUT2D eigenvalue weighted by Crippen LogP contribution is 2.16. The van der Waals surface area contributed by atoms with Gasteiger partial charge in [0.25, 0.3) is 5.91 Å². The predicted molar refractivity (Wildman–Crippen MR) is 92.4 cm³/mol. The fraction of sp³-hybridized carbons (Fsp3) is 0.111. The Bertz CT molecular complexity index is 1000. The molecule has 0 bridgehead atoms. The zero-order valence-corrected chi connectivity index (χ0v) is 13.6. The molecule has 1 N–H and O–H groups in total.